The molecule has 2 aliphatic rings. The molecule has 2 aliphatic heterocycles. The third-order valence-corrected chi connectivity index (χ3v) is 3.44. The molecule has 0 saturated carbocycles. The van der Waals surface area contributed by atoms with Gasteiger partial charge in [-0.2, -0.15) is 0 Å². The Morgan fingerprint density at radius 3 is 2.76 bits per heavy atom. The molecule has 0 fully saturated rings. The molecular weight excluding hydrogens is 222 g/mol. The minimum Gasteiger partial charge on any atom is -0.456 e. The van der Waals surface area contributed by atoms with Crippen LogP contribution in [0.15, 0.2) is 23.6 Å². The van der Waals surface area contributed by atoms with Crippen molar-refractivity contribution >= 4 is 11.6 Å². The van der Waals surface area contributed by atoms with Crippen molar-refractivity contribution < 1.29 is 19.4 Å². The van der Waals surface area contributed by atoms with E-state index >= 15 is 0 Å². The summed E-state index contributed by atoms with van der Waals surface area (Å²) in [6.07, 6.45) is 3.03. The smallest absolute Gasteiger partial charge is 0.299 e. The second-order valence-electron chi connectivity index (χ2n) is 4.33. The van der Waals surface area contributed by atoms with Crippen molar-refractivity contribution in [1.29, 1.82) is 0 Å². The first-order chi connectivity index (χ1) is 7.89. The average Bonchev–Trinajstić information content (AvgIpc) is 2.48. The molecule has 0 aromatic heterocycles. The SMILES string of the molecule is CCC12NC=CC(=O)C1(O)OC(C)=C2C(C)=O. The van der Waals surface area contributed by atoms with Gasteiger partial charge in [-0.15, -0.1) is 0 Å². The zero-order valence-corrected chi connectivity index (χ0v) is 10.0. The zero-order chi connectivity index (χ0) is 12.8. The van der Waals surface area contributed by atoms with E-state index in [0.717, 1.165) is 0 Å². The van der Waals surface area contributed by atoms with Crippen molar-refractivity contribution in [3.8, 4) is 0 Å². The lowest BCUT2D eigenvalue weighted by atomic mass is 9.75. The standard InChI is InChI=1S/C12H15NO4/c1-4-11-10(7(2)14)8(3)17-12(11,16)9(15)5-6-13-11/h5-6,13,16H,4H2,1-3H3. The van der Waals surface area contributed by atoms with E-state index in [1.807, 2.05) is 0 Å². The molecule has 5 heteroatoms. The topological polar surface area (TPSA) is 75.6 Å². The van der Waals surface area contributed by atoms with Crippen LogP contribution in [0.3, 0.4) is 0 Å². The number of hydrogen-bond acceptors (Lipinski definition) is 5. The average molecular weight is 237 g/mol. The van der Waals surface area contributed by atoms with Crippen molar-refractivity contribution in [3.05, 3.63) is 23.6 Å². The van der Waals surface area contributed by atoms with Crippen LogP contribution in [-0.4, -0.2) is 28.0 Å². The van der Waals surface area contributed by atoms with Gasteiger partial charge in [0.1, 0.15) is 11.3 Å². The maximum absolute atomic E-state index is 11.8. The molecule has 0 radical (unpaired) electrons. The van der Waals surface area contributed by atoms with Gasteiger partial charge in [-0.1, -0.05) is 6.92 Å². The Morgan fingerprint density at radius 1 is 1.59 bits per heavy atom. The van der Waals surface area contributed by atoms with Crippen molar-refractivity contribution in [3.63, 3.8) is 0 Å². The minimum atomic E-state index is -2.01. The predicted octanol–water partition coefficient (Wildman–Crippen LogP) is 0.403. The van der Waals surface area contributed by atoms with Crippen LogP contribution in [0.25, 0.3) is 0 Å². The lowest BCUT2D eigenvalue weighted by Gasteiger charge is -2.41. The molecule has 0 spiro atoms. The molecule has 2 atom stereocenters. The number of ether oxygens (including phenoxy) is 1. The molecule has 2 unspecified atom stereocenters. The predicted molar refractivity (Wildman–Crippen MR) is 59.7 cm³/mol. The van der Waals surface area contributed by atoms with Gasteiger partial charge in [0.2, 0.25) is 5.78 Å². The maximum Gasteiger partial charge on any atom is 0.299 e. The molecule has 0 bridgehead atoms. The first-order valence-electron chi connectivity index (χ1n) is 5.51. The van der Waals surface area contributed by atoms with Crippen LogP contribution < -0.4 is 5.32 Å². The number of aliphatic hydroxyl groups is 1. The minimum absolute atomic E-state index is 0.212. The van der Waals surface area contributed by atoms with Gasteiger partial charge < -0.3 is 15.2 Å². The number of nitrogens with one attached hydrogen (secondary N) is 1. The van der Waals surface area contributed by atoms with Crippen LogP contribution >= 0.6 is 0 Å². The van der Waals surface area contributed by atoms with Gasteiger partial charge in [0.15, 0.2) is 5.78 Å². The van der Waals surface area contributed by atoms with Gasteiger partial charge in [-0.05, 0) is 20.3 Å². The first kappa shape index (κ1) is 11.9. The number of carbonyl (C=O) groups is 2. The van der Waals surface area contributed by atoms with E-state index in [1.54, 1.807) is 13.8 Å². The van der Waals surface area contributed by atoms with Gasteiger partial charge in [-0.25, -0.2) is 0 Å². The highest BCUT2D eigenvalue weighted by molar-refractivity contribution is 6.04. The summed E-state index contributed by atoms with van der Waals surface area (Å²) in [5, 5.41) is 13.4. The third-order valence-electron chi connectivity index (χ3n) is 3.44. The lowest BCUT2D eigenvalue weighted by molar-refractivity contribution is -0.201. The Labute approximate surface area is 99.1 Å². The Bertz CT molecular complexity index is 465. The number of allylic oxidation sites excluding steroid dienone is 1. The van der Waals surface area contributed by atoms with Crippen LogP contribution in [-0.2, 0) is 14.3 Å². The zero-order valence-electron chi connectivity index (χ0n) is 10.0. The normalized spacial score (nSPS) is 35.4. The fraction of sp³-hybridized carbons (Fsp3) is 0.500. The summed E-state index contributed by atoms with van der Waals surface area (Å²) >= 11 is 0. The molecule has 92 valence electrons. The van der Waals surface area contributed by atoms with E-state index in [1.165, 1.54) is 19.2 Å². The van der Waals surface area contributed by atoms with E-state index in [-0.39, 0.29) is 5.78 Å². The van der Waals surface area contributed by atoms with E-state index in [9.17, 15) is 14.7 Å². The highest BCUT2D eigenvalue weighted by Gasteiger charge is 2.65. The number of Topliss-reactive ketones (excluding diaryl/α,β-unsaturated/α-hetero) is 1. The molecule has 0 aromatic rings. The molecule has 0 aliphatic carbocycles. The van der Waals surface area contributed by atoms with E-state index in [4.69, 9.17) is 4.74 Å². The summed E-state index contributed by atoms with van der Waals surface area (Å²) in [6, 6.07) is 0. The largest absolute Gasteiger partial charge is 0.456 e. The number of rotatable bonds is 2. The molecule has 2 heterocycles. The van der Waals surface area contributed by atoms with Crippen LogP contribution in [0, 0.1) is 0 Å². The molecule has 0 amide bonds. The summed E-state index contributed by atoms with van der Waals surface area (Å²) < 4.78 is 5.28. The molecule has 2 N–H and O–H groups in total. The number of ketones is 2. The molecule has 17 heavy (non-hydrogen) atoms. The number of hydrogen-bond donors (Lipinski definition) is 2. The fourth-order valence-electron chi connectivity index (χ4n) is 2.70. The Hall–Kier alpha value is -1.62. The maximum atomic E-state index is 11.8. The number of carbonyl (C=O) groups excluding carboxylic acids is 2. The highest BCUT2D eigenvalue weighted by atomic mass is 16.6. The first-order valence-corrected chi connectivity index (χ1v) is 5.51. The Morgan fingerprint density at radius 2 is 2.24 bits per heavy atom. The van der Waals surface area contributed by atoms with Crippen molar-refractivity contribution in [2.75, 3.05) is 0 Å². The fourth-order valence-corrected chi connectivity index (χ4v) is 2.70. The molecule has 5 nitrogen and oxygen atoms in total. The van der Waals surface area contributed by atoms with Crippen molar-refractivity contribution in [2.45, 2.75) is 38.5 Å². The van der Waals surface area contributed by atoms with Gasteiger partial charge in [0, 0.05) is 12.3 Å². The summed E-state index contributed by atoms with van der Waals surface area (Å²) in [5.41, 5.74) is -0.838. The van der Waals surface area contributed by atoms with Crippen LogP contribution in [0.2, 0.25) is 0 Å². The summed E-state index contributed by atoms with van der Waals surface area (Å²) in [4.78, 5) is 23.5. The van der Waals surface area contributed by atoms with Crippen molar-refractivity contribution in [1.82, 2.24) is 5.32 Å². The summed E-state index contributed by atoms with van der Waals surface area (Å²) in [6.45, 7) is 4.77. The van der Waals surface area contributed by atoms with Gasteiger partial charge in [-0.3, -0.25) is 9.59 Å². The lowest BCUT2D eigenvalue weighted by Crippen LogP contribution is -2.66. The Balaban J connectivity index is 2.66. The quantitative estimate of drug-likeness (QED) is 0.727. The summed E-state index contributed by atoms with van der Waals surface area (Å²) in [5.74, 6) is -2.47. The Kier molecular flexibility index (Phi) is 2.39. The molecule has 2 rings (SSSR count). The summed E-state index contributed by atoms with van der Waals surface area (Å²) in [7, 11) is 0. The van der Waals surface area contributed by atoms with Gasteiger partial charge in [0.05, 0.1) is 5.57 Å². The van der Waals surface area contributed by atoms with Crippen LogP contribution in [0.1, 0.15) is 27.2 Å². The van der Waals surface area contributed by atoms with E-state index in [2.05, 4.69) is 5.32 Å². The van der Waals surface area contributed by atoms with Gasteiger partial charge >= 0.3 is 0 Å². The third kappa shape index (κ3) is 1.23. The monoisotopic (exact) mass is 237 g/mol. The molecule has 0 aromatic carbocycles. The van der Waals surface area contributed by atoms with Crippen LogP contribution in [0.5, 0.6) is 0 Å². The van der Waals surface area contributed by atoms with E-state index in [0.29, 0.717) is 17.8 Å². The molecular formula is C12H15NO4. The second kappa shape index (κ2) is 3.43. The number of fused-ring (bicyclic) bond motifs is 1. The second-order valence-corrected chi connectivity index (χ2v) is 4.33. The van der Waals surface area contributed by atoms with Gasteiger partial charge in [0.25, 0.3) is 5.79 Å². The highest BCUT2D eigenvalue weighted by Crippen LogP contribution is 2.46. The van der Waals surface area contributed by atoms with E-state index < -0.39 is 17.1 Å². The van der Waals surface area contributed by atoms with Crippen LogP contribution in [0.4, 0.5) is 0 Å². The van der Waals surface area contributed by atoms with Crippen molar-refractivity contribution in [2.24, 2.45) is 0 Å². The molecule has 0 saturated heterocycles.